The molecule has 0 radical (unpaired) electrons. The summed E-state index contributed by atoms with van der Waals surface area (Å²) in [6.07, 6.45) is 5.59. The number of aromatic nitrogens is 6. The quantitative estimate of drug-likeness (QED) is 0.704. The molecule has 10 heteroatoms. The molecule has 29 heavy (non-hydrogen) atoms. The highest BCUT2D eigenvalue weighted by molar-refractivity contribution is 6.33. The van der Waals surface area contributed by atoms with Crippen molar-refractivity contribution in [1.29, 1.82) is 0 Å². The van der Waals surface area contributed by atoms with Gasteiger partial charge < -0.3 is 10.2 Å². The average molecular weight is 411 g/mol. The third kappa shape index (κ3) is 4.09. The highest BCUT2D eigenvalue weighted by Crippen LogP contribution is 2.30. The summed E-state index contributed by atoms with van der Waals surface area (Å²) in [7, 11) is 1.73. The van der Waals surface area contributed by atoms with Gasteiger partial charge in [0.1, 0.15) is 5.82 Å². The summed E-state index contributed by atoms with van der Waals surface area (Å²) in [5.74, 6) is 0.783. The summed E-state index contributed by atoms with van der Waals surface area (Å²) in [6.45, 7) is 3.15. The van der Waals surface area contributed by atoms with Crippen LogP contribution in [0.5, 0.6) is 0 Å². The Bertz CT molecular complexity index is 1080. The van der Waals surface area contributed by atoms with Crippen molar-refractivity contribution in [3.63, 3.8) is 0 Å². The number of hydrogen-bond donors (Lipinski definition) is 1. The maximum absolute atomic E-state index is 12.4. The molecule has 1 amide bonds. The Morgan fingerprint density at radius 3 is 2.79 bits per heavy atom. The molecule has 4 heterocycles. The molecule has 4 rings (SSSR count). The van der Waals surface area contributed by atoms with Crippen LogP contribution in [-0.4, -0.2) is 49.2 Å². The van der Waals surface area contributed by atoms with Gasteiger partial charge in [0.15, 0.2) is 0 Å². The molecule has 1 N–H and O–H groups in total. The van der Waals surface area contributed by atoms with Gasteiger partial charge in [-0.15, -0.1) is 5.10 Å². The van der Waals surface area contributed by atoms with E-state index in [2.05, 4.69) is 30.7 Å². The minimum atomic E-state index is -0.245. The Labute approximate surface area is 172 Å². The molecular weight excluding hydrogens is 392 g/mol. The zero-order valence-electron chi connectivity index (χ0n) is 16.0. The lowest BCUT2D eigenvalue weighted by Crippen LogP contribution is -2.31. The summed E-state index contributed by atoms with van der Waals surface area (Å²) < 4.78 is 0. The smallest absolute Gasteiger partial charge is 0.266 e. The van der Waals surface area contributed by atoms with E-state index < -0.39 is 0 Å². The van der Waals surface area contributed by atoms with Crippen LogP contribution in [0.1, 0.15) is 27.9 Å². The number of tetrazole rings is 1. The Balaban J connectivity index is 1.49. The molecule has 0 aliphatic carbocycles. The van der Waals surface area contributed by atoms with Gasteiger partial charge in [-0.2, -0.15) is 4.80 Å². The Morgan fingerprint density at radius 1 is 1.24 bits per heavy atom. The number of nitrogens with one attached hydrogen (secondary N) is 1. The van der Waals surface area contributed by atoms with Gasteiger partial charge in [0.25, 0.3) is 11.9 Å². The maximum atomic E-state index is 12.4. The van der Waals surface area contributed by atoms with Crippen LogP contribution in [0.4, 0.5) is 11.8 Å². The third-order valence-electron chi connectivity index (χ3n) is 4.70. The predicted molar refractivity (Wildman–Crippen MR) is 110 cm³/mol. The summed E-state index contributed by atoms with van der Waals surface area (Å²) in [6, 6.07) is 5.44. The number of carbonyl (C=O) groups is 1. The van der Waals surface area contributed by atoms with Crippen molar-refractivity contribution in [3.05, 3.63) is 58.5 Å². The average Bonchev–Trinajstić information content (AvgIpc) is 3.16. The number of nitrogens with zero attached hydrogens (tertiary/aromatic N) is 7. The number of hydrogen-bond acceptors (Lipinski definition) is 7. The lowest BCUT2D eigenvalue weighted by Gasteiger charge is -2.27. The lowest BCUT2D eigenvalue weighted by atomic mass is 10.0. The largest absolute Gasteiger partial charge is 0.333 e. The number of amides is 1. The molecule has 1 aliphatic rings. The van der Waals surface area contributed by atoms with Crippen LogP contribution in [0.3, 0.4) is 0 Å². The van der Waals surface area contributed by atoms with Gasteiger partial charge in [-0.1, -0.05) is 16.7 Å². The standard InChI is InChI=1S/C19H19ClN8O/c1-12-5-7-21-10-14(12)18(29)23-17-4-3-13(9-22-17)15-11-28(8-6-16(15)20)19-24-26-27(2)25-19/h3-5,7,9-10H,6,8,11H2,1-2H3,(H,22,23,29). The van der Waals surface area contributed by atoms with Crippen LogP contribution >= 0.6 is 11.6 Å². The molecule has 0 bridgehead atoms. The SMILES string of the molecule is Cc1ccncc1C(=O)Nc1ccc(C2=C(Cl)CCN(c3nnn(C)n3)C2)cn1. The van der Waals surface area contributed by atoms with Crippen LogP contribution in [0.15, 0.2) is 41.8 Å². The van der Waals surface area contributed by atoms with Gasteiger partial charge in [-0.3, -0.25) is 9.78 Å². The molecule has 0 spiro atoms. The van der Waals surface area contributed by atoms with E-state index in [-0.39, 0.29) is 5.91 Å². The van der Waals surface area contributed by atoms with Crippen molar-refractivity contribution < 1.29 is 4.79 Å². The Kier molecular flexibility index (Phi) is 5.22. The van der Waals surface area contributed by atoms with Gasteiger partial charge in [0.05, 0.1) is 12.6 Å². The van der Waals surface area contributed by atoms with Gasteiger partial charge in [-0.05, 0) is 47.0 Å². The van der Waals surface area contributed by atoms with Crippen LogP contribution in [0.2, 0.25) is 0 Å². The normalized spacial score (nSPS) is 14.2. The second kappa shape index (κ2) is 7.96. The first-order valence-corrected chi connectivity index (χ1v) is 9.44. The van der Waals surface area contributed by atoms with E-state index in [9.17, 15) is 4.79 Å². The van der Waals surface area contributed by atoms with Crippen molar-refractivity contribution in [2.45, 2.75) is 13.3 Å². The van der Waals surface area contributed by atoms with E-state index in [4.69, 9.17) is 11.6 Å². The molecule has 148 valence electrons. The fourth-order valence-electron chi connectivity index (χ4n) is 3.09. The lowest BCUT2D eigenvalue weighted by molar-refractivity contribution is 0.102. The number of anilines is 2. The molecule has 0 atom stereocenters. The summed E-state index contributed by atoms with van der Waals surface area (Å²) in [5, 5.41) is 15.8. The van der Waals surface area contributed by atoms with Crippen molar-refractivity contribution in [3.8, 4) is 0 Å². The molecule has 0 unspecified atom stereocenters. The minimum absolute atomic E-state index is 0.245. The number of aryl methyl sites for hydroxylation is 2. The topological polar surface area (TPSA) is 102 Å². The molecule has 0 fully saturated rings. The van der Waals surface area contributed by atoms with Crippen molar-refractivity contribution in [2.24, 2.45) is 7.05 Å². The predicted octanol–water partition coefficient (Wildman–Crippen LogP) is 2.42. The van der Waals surface area contributed by atoms with E-state index in [1.165, 1.54) is 4.80 Å². The van der Waals surface area contributed by atoms with Gasteiger partial charge in [-0.25, -0.2) is 4.98 Å². The summed E-state index contributed by atoms with van der Waals surface area (Å²) in [4.78, 5) is 24.3. The summed E-state index contributed by atoms with van der Waals surface area (Å²) >= 11 is 6.48. The first-order chi connectivity index (χ1) is 14.0. The van der Waals surface area contributed by atoms with Crippen molar-refractivity contribution >= 4 is 34.8 Å². The van der Waals surface area contributed by atoms with E-state index in [0.717, 1.165) is 28.3 Å². The number of carbonyl (C=O) groups excluding carboxylic acids is 1. The fourth-order valence-corrected chi connectivity index (χ4v) is 3.34. The van der Waals surface area contributed by atoms with Crippen LogP contribution in [0.25, 0.3) is 5.57 Å². The second-order valence-corrected chi connectivity index (χ2v) is 7.17. The number of halogens is 1. The van der Waals surface area contributed by atoms with Crippen molar-refractivity contribution in [2.75, 3.05) is 23.3 Å². The van der Waals surface area contributed by atoms with E-state index in [1.54, 1.807) is 37.8 Å². The third-order valence-corrected chi connectivity index (χ3v) is 5.11. The van der Waals surface area contributed by atoms with Gasteiger partial charge in [0.2, 0.25) is 0 Å². The molecule has 3 aromatic heterocycles. The van der Waals surface area contributed by atoms with Crippen molar-refractivity contribution in [1.82, 2.24) is 30.2 Å². The molecule has 1 aliphatic heterocycles. The molecule has 0 aromatic carbocycles. The fraction of sp³-hybridized carbons (Fsp3) is 0.263. The highest BCUT2D eigenvalue weighted by Gasteiger charge is 2.22. The monoisotopic (exact) mass is 410 g/mol. The molecular formula is C19H19ClN8O. The number of rotatable bonds is 4. The van der Waals surface area contributed by atoms with Gasteiger partial charge in [0, 0.05) is 43.1 Å². The maximum Gasteiger partial charge on any atom is 0.266 e. The van der Waals surface area contributed by atoms with Crippen LogP contribution < -0.4 is 10.2 Å². The second-order valence-electron chi connectivity index (χ2n) is 6.71. The first-order valence-electron chi connectivity index (χ1n) is 9.06. The Morgan fingerprint density at radius 2 is 2.10 bits per heavy atom. The zero-order valence-corrected chi connectivity index (χ0v) is 16.8. The number of pyridine rings is 2. The minimum Gasteiger partial charge on any atom is -0.333 e. The molecule has 0 saturated heterocycles. The van der Waals surface area contributed by atoms with Crippen LogP contribution in [-0.2, 0) is 7.05 Å². The Hall–Kier alpha value is -3.33. The molecule has 9 nitrogen and oxygen atoms in total. The summed E-state index contributed by atoms with van der Waals surface area (Å²) in [5.41, 5.74) is 3.22. The van der Waals surface area contributed by atoms with Crippen LogP contribution in [0, 0.1) is 6.92 Å². The van der Waals surface area contributed by atoms with Gasteiger partial charge >= 0.3 is 0 Å². The molecule has 3 aromatic rings. The molecule has 0 saturated carbocycles. The van der Waals surface area contributed by atoms with E-state index in [0.29, 0.717) is 30.3 Å². The van der Waals surface area contributed by atoms with E-state index >= 15 is 0 Å². The highest BCUT2D eigenvalue weighted by atomic mass is 35.5. The first kappa shape index (κ1) is 19.0. The zero-order chi connectivity index (χ0) is 20.4. The van der Waals surface area contributed by atoms with E-state index in [1.807, 2.05) is 17.9 Å².